The lowest BCUT2D eigenvalue weighted by Gasteiger charge is -2.21. The van der Waals surface area contributed by atoms with Gasteiger partial charge in [-0.25, -0.2) is 4.98 Å². The number of amides is 1. The molecule has 1 aromatic rings. The average molecular weight is 194 g/mol. The average Bonchev–Trinajstić information content (AvgIpc) is 2.77. The molecule has 2 rings (SSSR count). The third-order valence-corrected chi connectivity index (χ3v) is 3.02. The number of hydrogen-bond acceptors (Lipinski definition) is 3. The van der Waals surface area contributed by atoms with E-state index in [1.54, 1.807) is 0 Å². The predicted molar refractivity (Wildman–Crippen MR) is 50.7 cm³/mol. The maximum Gasteiger partial charge on any atom is 0.291 e. The van der Waals surface area contributed by atoms with Crippen molar-refractivity contribution >= 4 is 5.91 Å². The highest BCUT2D eigenvalue weighted by molar-refractivity contribution is 5.90. The van der Waals surface area contributed by atoms with Gasteiger partial charge in [-0.05, 0) is 19.3 Å². The number of carbonyl (C=O) groups excluding carboxylic acids is 1. The van der Waals surface area contributed by atoms with Crippen LogP contribution >= 0.6 is 0 Å². The van der Waals surface area contributed by atoms with Crippen LogP contribution in [0.4, 0.5) is 0 Å². The fourth-order valence-electron chi connectivity index (χ4n) is 1.83. The monoisotopic (exact) mass is 194 g/mol. The summed E-state index contributed by atoms with van der Waals surface area (Å²) in [5, 5.41) is 6.27. The van der Waals surface area contributed by atoms with E-state index in [-0.39, 0.29) is 5.91 Å². The van der Waals surface area contributed by atoms with Crippen molar-refractivity contribution in [3.05, 3.63) is 12.2 Å². The minimum Gasteiger partial charge on any atom is -0.333 e. The summed E-state index contributed by atoms with van der Waals surface area (Å²) in [4.78, 5) is 17.6. The van der Waals surface area contributed by atoms with Gasteiger partial charge in [0.1, 0.15) is 6.33 Å². The van der Waals surface area contributed by atoms with Crippen LogP contribution in [-0.2, 0) is 0 Å². The van der Waals surface area contributed by atoms with E-state index in [1.165, 1.54) is 6.33 Å². The van der Waals surface area contributed by atoms with Gasteiger partial charge in [0.2, 0.25) is 5.82 Å². The zero-order valence-electron chi connectivity index (χ0n) is 8.40. The number of aromatic nitrogens is 3. The molecule has 1 saturated heterocycles. The number of nitrogens with zero attached hydrogens (tertiary/aromatic N) is 3. The van der Waals surface area contributed by atoms with E-state index in [0.29, 0.717) is 17.8 Å². The number of likely N-dealkylation sites (tertiary alicyclic amines) is 1. The summed E-state index contributed by atoms with van der Waals surface area (Å²) in [6, 6.07) is 0.299. The van der Waals surface area contributed by atoms with Crippen molar-refractivity contribution in [2.75, 3.05) is 6.54 Å². The lowest BCUT2D eigenvalue weighted by atomic mass is 10.1. The molecule has 1 fully saturated rings. The second kappa shape index (κ2) is 3.40. The summed E-state index contributed by atoms with van der Waals surface area (Å²) in [6.45, 7) is 5.06. The molecule has 0 bridgehead atoms. The molecule has 0 spiro atoms. The Labute approximate surface area is 82.5 Å². The number of aromatic amines is 1. The Balaban J connectivity index is 2.13. The molecule has 5 heteroatoms. The molecule has 1 aliphatic heterocycles. The summed E-state index contributed by atoms with van der Waals surface area (Å²) < 4.78 is 0. The number of H-pyrrole nitrogens is 1. The molecule has 2 heterocycles. The molecular formula is C9H14N4O. The zero-order chi connectivity index (χ0) is 10.1. The lowest BCUT2D eigenvalue weighted by Crippen LogP contribution is -2.36. The Kier molecular flexibility index (Phi) is 2.23. The van der Waals surface area contributed by atoms with Crippen molar-refractivity contribution < 1.29 is 4.79 Å². The first-order chi connectivity index (χ1) is 6.70. The van der Waals surface area contributed by atoms with Gasteiger partial charge in [0.05, 0.1) is 0 Å². The van der Waals surface area contributed by atoms with E-state index in [1.807, 2.05) is 4.90 Å². The molecule has 5 nitrogen and oxygen atoms in total. The molecule has 0 saturated carbocycles. The highest BCUT2D eigenvalue weighted by atomic mass is 16.2. The SMILES string of the molecule is CC1CCN(C(=O)c2ncn[nH]2)C1C. The van der Waals surface area contributed by atoms with Crippen LogP contribution in [0.25, 0.3) is 0 Å². The fourth-order valence-corrected chi connectivity index (χ4v) is 1.83. The van der Waals surface area contributed by atoms with Crippen molar-refractivity contribution in [3.8, 4) is 0 Å². The number of rotatable bonds is 1. The molecule has 14 heavy (non-hydrogen) atoms. The van der Waals surface area contributed by atoms with Crippen LogP contribution < -0.4 is 0 Å². The first kappa shape index (κ1) is 9.18. The van der Waals surface area contributed by atoms with Crippen molar-refractivity contribution in [2.24, 2.45) is 5.92 Å². The van der Waals surface area contributed by atoms with Crippen LogP contribution in [0.2, 0.25) is 0 Å². The van der Waals surface area contributed by atoms with Gasteiger partial charge in [0.25, 0.3) is 5.91 Å². The Bertz CT molecular complexity index is 322. The quantitative estimate of drug-likeness (QED) is 0.715. The molecule has 1 aromatic heterocycles. The Morgan fingerprint density at radius 1 is 1.64 bits per heavy atom. The largest absolute Gasteiger partial charge is 0.333 e. The van der Waals surface area contributed by atoms with Gasteiger partial charge < -0.3 is 4.90 Å². The maximum absolute atomic E-state index is 11.9. The van der Waals surface area contributed by atoms with Gasteiger partial charge >= 0.3 is 0 Å². The molecule has 2 unspecified atom stereocenters. The van der Waals surface area contributed by atoms with Gasteiger partial charge in [-0.2, -0.15) is 5.10 Å². The molecule has 1 aliphatic rings. The molecule has 0 aromatic carbocycles. The van der Waals surface area contributed by atoms with E-state index in [4.69, 9.17) is 0 Å². The van der Waals surface area contributed by atoms with Gasteiger partial charge in [-0.1, -0.05) is 6.92 Å². The van der Waals surface area contributed by atoms with Gasteiger partial charge in [-0.15, -0.1) is 0 Å². The summed E-state index contributed by atoms with van der Waals surface area (Å²) in [5.74, 6) is 0.868. The standard InChI is InChI=1S/C9H14N4O/c1-6-3-4-13(7(6)2)9(14)8-10-5-11-12-8/h5-7H,3-4H2,1-2H3,(H,10,11,12). The van der Waals surface area contributed by atoms with E-state index in [0.717, 1.165) is 13.0 Å². The second-order valence-electron chi connectivity index (χ2n) is 3.84. The zero-order valence-corrected chi connectivity index (χ0v) is 8.40. The molecule has 0 aliphatic carbocycles. The minimum atomic E-state index is -0.0423. The van der Waals surface area contributed by atoms with E-state index < -0.39 is 0 Å². The van der Waals surface area contributed by atoms with Crippen molar-refractivity contribution in [2.45, 2.75) is 26.3 Å². The van der Waals surface area contributed by atoms with E-state index in [2.05, 4.69) is 29.0 Å². The summed E-state index contributed by atoms with van der Waals surface area (Å²) in [7, 11) is 0. The third kappa shape index (κ3) is 1.38. The molecule has 76 valence electrons. The third-order valence-electron chi connectivity index (χ3n) is 3.02. The minimum absolute atomic E-state index is 0.0423. The summed E-state index contributed by atoms with van der Waals surface area (Å²) in [5.41, 5.74) is 0. The first-order valence-corrected chi connectivity index (χ1v) is 4.86. The Morgan fingerprint density at radius 3 is 2.93 bits per heavy atom. The first-order valence-electron chi connectivity index (χ1n) is 4.86. The van der Waals surface area contributed by atoms with Gasteiger partial charge in [-0.3, -0.25) is 9.89 Å². The summed E-state index contributed by atoms with van der Waals surface area (Å²) in [6.07, 6.45) is 2.43. The molecule has 1 amide bonds. The topological polar surface area (TPSA) is 61.9 Å². The van der Waals surface area contributed by atoms with Crippen molar-refractivity contribution in [1.29, 1.82) is 0 Å². The molecule has 0 radical (unpaired) electrons. The van der Waals surface area contributed by atoms with Crippen LogP contribution in [0.1, 0.15) is 30.9 Å². The highest BCUT2D eigenvalue weighted by Gasteiger charge is 2.32. The van der Waals surface area contributed by atoms with Crippen LogP contribution in [0.5, 0.6) is 0 Å². The van der Waals surface area contributed by atoms with Crippen LogP contribution in [0, 0.1) is 5.92 Å². The van der Waals surface area contributed by atoms with E-state index >= 15 is 0 Å². The van der Waals surface area contributed by atoms with Gasteiger partial charge in [0.15, 0.2) is 0 Å². The van der Waals surface area contributed by atoms with Crippen LogP contribution in [-0.4, -0.2) is 38.6 Å². The maximum atomic E-state index is 11.9. The number of hydrogen-bond donors (Lipinski definition) is 1. The van der Waals surface area contributed by atoms with Crippen LogP contribution in [0.3, 0.4) is 0 Å². The van der Waals surface area contributed by atoms with Crippen molar-refractivity contribution in [1.82, 2.24) is 20.1 Å². The van der Waals surface area contributed by atoms with Crippen LogP contribution in [0.15, 0.2) is 6.33 Å². The fraction of sp³-hybridized carbons (Fsp3) is 0.667. The smallest absolute Gasteiger partial charge is 0.291 e. The normalized spacial score (nSPS) is 26.9. The highest BCUT2D eigenvalue weighted by Crippen LogP contribution is 2.24. The number of nitrogens with one attached hydrogen (secondary N) is 1. The Morgan fingerprint density at radius 2 is 2.43 bits per heavy atom. The lowest BCUT2D eigenvalue weighted by molar-refractivity contribution is 0.0723. The summed E-state index contributed by atoms with van der Waals surface area (Å²) >= 11 is 0. The van der Waals surface area contributed by atoms with Gasteiger partial charge in [0, 0.05) is 12.6 Å². The molecular weight excluding hydrogens is 180 g/mol. The molecule has 1 N–H and O–H groups in total. The predicted octanol–water partition coefficient (Wildman–Crippen LogP) is 0.675. The van der Waals surface area contributed by atoms with E-state index in [9.17, 15) is 4.79 Å². The Hall–Kier alpha value is -1.39. The molecule has 2 atom stereocenters. The second-order valence-corrected chi connectivity index (χ2v) is 3.84. The number of carbonyl (C=O) groups is 1. The van der Waals surface area contributed by atoms with Crippen molar-refractivity contribution in [3.63, 3.8) is 0 Å².